The van der Waals surface area contributed by atoms with Gasteiger partial charge in [-0.3, -0.25) is 9.59 Å². The van der Waals surface area contributed by atoms with Crippen molar-refractivity contribution in [1.82, 2.24) is 0 Å². The van der Waals surface area contributed by atoms with Crippen molar-refractivity contribution >= 4 is 11.9 Å². The Morgan fingerprint density at radius 1 is 0.449 bits per heavy atom. The molecular weight excluding hydrogens is 889 g/mol. The maximum Gasteiger partial charge on any atom is 0.306 e. The maximum absolute atomic E-state index is 13.0. The van der Waals surface area contributed by atoms with Crippen LogP contribution in [-0.4, -0.2) is 142 Å². The molecule has 2 aliphatic rings. The van der Waals surface area contributed by atoms with Crippen molar-refractivity contribution in [3.8, 4) is 0 Å². The minimum atomic E-state index is -1.76. The molecule has 0 aromatic rings. The predicted octanol–water partition coefficient (Wildman–Crippen LogP) is 8.55. The zero-order valence-corrected chi connectivity index (χ0v) is 43.1. The minimum Gasteiger partial charge on any atom is -0.462 e. The van der Waals surface area contributed by atoms with E-state index in [-0.39, 0.29) is 26.1 Å². The number of hydrogen-bond donors (Lipinski definition) is 7. The summed E-state index contributed by atoms with van der Waals surface area (Å²) in [6, 6.07) is 0. The summed E-state index contributed by atoms with van der Waals surface area (Å²) in [6.07, 6.45) is 25.4. The van der Waals surface area contributed by atoms with Crippen LogP contribution in [0.25, 0.3) is 0 Å². The summed E-state index contributed by atoms with van der Waals surface area (Å²) in [5, 5.41) is 72.1. The van der Waals surface area contributed by atoms with Gasteiger partial charge in [-0.1, -0.05) is 187 Å². The molecule has 0 spiro atoms. The molecule has 0 bridgehead atoms. The van der Waals surface area contributed by atoms with Gasteiger partial charge in [-0.25, -0.2) is 0 Å². The lowest BCUT2D eigenvalue weighted by Gasteiger charge is -2.42. The zero-order chi connectivity index (χ0) is 50.3. The standard InChI is InChI=1S/C54H100O15/c1-3-5-7-9-11-13-15-16-17-18-19-20-21-22-23-24-25-26-27-29-31-33-35-37-46(57)67-42(39-64-45(56)36-34-32-30-28-14-12-10-8-6-4-2)40-65-53-52(63)50(61)48(59)44(69-53)41-66-54-51(62)49(60)47(58)43(38-55)68-54/h18-19,42-44,47-55,58-63H,3-17,20-41H2,1-2H3/b19-18-. The van der Waals surface area contributed by atoms with E-state index in [1.165, 1.54) is 148 Å². The fourth-order valence-electron chi connectivity index (χ4n) is 8.92. The van der Waals surface area contributed by atoms with E-state index in [9.17, 15) is 45.3 Å². The molecule has 2 saturated heterocycles. The van der Waals surface area contributed by atoms with E-state index >= 15 is 0 Å². The van der Waals surface area contributed by atoms with E-state index in [0.29, 0.717) is 12.8 Å². The molecule has 11 atom stereocenters. The van der Waals surface area contributed by atoms with Crippen LogP contribution in [0.4, 0.5) is 0 Å². The number of unbranched alkanes of at least 4 members (excludes halogenated alkanes) is 28. The SMILES string of the molecule is CCCCCCCCCC/C=C\CCCCCCCCCCCCCC(=O)OC(COC(=O)CCCCCCCCCCCC)COC1OC(COC2OC(CO)C(O)C(O)C2O)C(O)C(O)C1O. The predicted molar refractivity (Wildman–Crippen MR) is 266 cm³/mol. The van der Waals surface area contributed by atoms with Crippen molar-refractivity contribution in [2.24, 2.45) is 0 Å². The van der Waals surface area contributed by atoms with Gasteiger partial charge < -0.3 is 64.2 Å². The number of aliphatic hydroxyl groups is 7. The van der Waals surface area contributed by atoms with Crippen LogP contribution < -0.4 is 0 Å². The molecule has 2 fully saturated rings. The van der Waals surface area contributed by atoms with Gasteiger partial charge in [-0.05, 0) is 38.5 Å². The van der Waals surface area contributed by atoms with E-state index in [0.717, 1.165) is 38.5 Å². The molecule has 0 aliphatic carbocycles. The summed E-state index contributed by atoms with van der Waals surface area (Å²) in [5.74, 6) is -0.916. The molecule has 2 heterocycles. The summed E-state index contributed by atoms with van der Waals surface area (Å²) in [7, 11) is 0. The number of allylic oxidation sites excluding steroid dienone is 2. The van der Waals surface area contributed by atoms with Gasteiger partial charge in [0.05, 0.1) is 19.8 Å². The van der Waals surface area contributed by atoms with Gasteiger partial charge in [-0.15, -0.1) is 0 Å². The van der Waals surface area contributed by atoms with Crippen LogP contribution in [0.3, 0.4) is 0 Å². The first-order valence-electron chi connectivity index (χ1n) is 27.8. The summed E-state index contributed by atoms with van der Waals surface area (Å²) >= 11 is 0. The second kappa shape index (κ2) is 41.7. The van der Waals surface area contributed by atoms with E-state index in [1.54, 1.807) is 0 Å². The van der Waals surface area contributed by atoms with Crippen molar-refractivity contribution in [3.63, 3.8) is 0 Å². The quantitative estimate of drug-likeness (QED) is 0.0172. The Labute approximate surface area is 416 Å². The van der Waals surface area contributed by atoms with E-state index in [2.05, 4.69) is 26.0 Å². The number of hydrogen-bond acceptors (Lipinski definition) is 15. The zero-order valence-electron chi connectivity index (χ0n) is 43.1. The van der Waals surface area contributed by atoms with Crippen LogP contribution in [-0.2, 0) is 38.0 Å². The van der Waals surface area contributed by atoms with Crippen molar-refractivity contribution in [1.29, 1.82) is 0 Å². The van der Waals surface area contributed by atoms with Gasteiger partial charge in [0.25, 0.3) is 0 Å². The normalized spacial score (nSPS) is 25.6. The molecule has 0 saturated carbocycles. The maximum atomic E-state index is 13.0. The van der Waals surface area contributed by atoms with Gasteiger partial charge in [0, 0.05) is 12.8 Å². The first-order valence-corrected chi connectivity index (χ1v) is 27.8. The lowest BCUT2D eigenvalue weighted by molar-refractivity contribution is -0.332. The molecule has 2 rings (SSSR count). The van der Waals surface area contributed by atoms with Crippen molar-refractivity contribution in [3.05, 3.63) is 12.2 Å². The van der Waals surface area contributed by atoms with Gasteiger partial charge in [-0.2, -0.15) is 0 Å². The highest BCUT2D eigenvalue weighted by molar-refractivity contribution is 5.70. The van der Waals surface area contributed by atoms with Crippen LogP contribution in [0, 0.1) is 0 Å². The largest absolute Gasteiger partial charge is 0.462 e. The number of aliphatic hydroxyl groups excluding tert-OH is 7. The fourth-order valence-corrected chi connectivity index (χ4v) is 8.92. The van der Waals surface area contributed by atoms with Gasteiger partial charge in [0.15, 0.2) is 18.7 Å². The molecule has 0 aromatic carbocycles. The van der Waals surface area contributed by atoms with Crippen molar-refractivity contribution in [2.45, 2.75) is 293 Å². The lowest BCUT2D eigenvalue weighted by atomic mass is 9.98. The molecule has 15 heteroatoms. The average Bonchev–Trinajstić information content (AvgIpc) is 3.34. The Kier molecular flexibility index (Phi) is 38.3. The first-order chi connectivity index (χ1) is 33.5. The molecular formula is C54H100O15. The molecule has 2 aliphatic heterocycles. The van der Waals surface area contributed by atoms with Crippen molar-refractivity contribution < 1.29 is 73.8 Å². The summed E-state index contributed by atoms with van der Waals surface area (Å²) < 4.78 is 33.6. The molecule has 15 nitrogen and oxygen atoms in total. The summed E-state index contributed by atoms with van der Waals surface area (Å²) in [4.78, 5) is 25.7. The van der Waals surface area contributed by atoms with Gasteiger partial charge in [0.2, 0.25) is 0 Å². The van der Waals surface area contributed by atoms with Crippen LogP contribution in [0.1, 0.15) is 226 Å². The van der Waals surface area contributed by atoms with Crippen molar-refractivity contribution in [2.75, 3.05) is 26.4 Å². The molecule has 0 aromatic heterocycles. The molecule has 406 valence electrons. The Hall–Kier alpha value is -1.76. The Balaban J connectivity index is 1.72. The highest BCUT2D eigenvalue weighted by Crippen LogP contribution is 2.27. The Bertz CT molecular complexity index is 1250. The lowest BCUT2D eigenvalue weighted by Crippen LogP contribution is -2.61. The van der Waals surface area contributed by atoms with Crippen LogP contribution in [0.15, 0.2) is 12.2 Å². The van der Waals surface area contributed by atoms with Gasteiger partial charge >= 0.3 is 11.9 Å². The molecule has 69 heavy (non-hydrogen) atoms. The van der Waals surface area contributed by atoms with Crippen LogP contribution >= 0.6 is 0 Å². The topological polar surface area (TPSA) is 231 Å². The minimum absolute atomic E-state index is 0.169. The molecule has 0 amide bonds. The van der Waals surface area contributed by atoms with Crippen LogP contribution in [0.5, 0.6) is 0 Å². The fraction of sp³-hybridized carbons (Fsp3) is 0.926. The molecule has 0 radical (unpaired) electrons. The summed E-state index contributed by atoms with van der Waals surface area (Å²) in [5.41, 5.74) is 0. The smallest absolute Gasteiger partial charge is 0.306 e. The van der Waals surface area contributed by atoms with E-state index in [1.807, 2.05) is 0 Å². The highest BCUT2D eigenvalue weighted by Gasteiger charge is 2.47. The van der Waals surface area contributed by atoms with E-state index < -0.39 is 92.7 Å². The Morgan fingerprint density at radius 3 is 1.28 bits per heavy atom. The molecule has 7 N–H and O–H groups in total. The highest BCUT2D eigenvalue weighted by atomic mass is 16.7. The second-order valence-electron chi connectivity index (χ2n) is 19.8. The van der Waals surface area contributed by atoms with Gasteiger partial charge in [0.1, 0.15) is 55.4 Å². The monoisotopic (exact) mass is 989 g/mol. The third-order valence-corrected chi connectivity index (χ3v) is 13.5. The number of ether oxygens (including phenoxy) is 6. The number of carbonyl (C=O) groups is 2. The third kappa shape index (κ3) is 29.5. The number of esters is 2. The number of rotatable bonds is 44. The third-order valence-electron chi connectivity index (χ3n) is 13.5. The molecule has 11 unspecified atom stereocenters. The Morgan fingerprint density at radius 2 is 0.826 bits per heavy atom. The number of carbonyl (C=O) groups excluding carboxylic acids is 2. The first kappa shape index (κ1) is 63.4. The second-order valence-corrected chi connectivity index (χ2v) is 19.8. The van der Waals surface area contributed by atoms with E-state index in [4.69, 9.17) is 28.4 Å². The summed E-state index contributed by atoms with van der Waals surface area (Å²) in [6.45, 7) is 2.60. The van der Waals surface area contributed by atoms with Crippen LogP contribution in [0.2, 0.25) is 0 Å². The average molecular weight is 989 g/mol.